The summed E-state index contributed by atoms with van der Waals surface area (Å²) in [5.74, 6) is 0. The molecule has 0 fully saturated rings. The van der Waals surface area contributed by atoms with Crippen LogP contribution in [-0.4, -0.2) is 60.2 Å². The van der Waals surface area contributed by atoms with Gasteiger partial charge in [-0.05, 0) is 6.92 Å². The molecule has 0 heterocycles. The van der Waals surface area contributed by atoms with E-state index in [-0.39, 0.29) is 12.7 Å². The van der Waals surface area contributed by atoms with Crippen molar-refractivity contribution < 1.29 is 28.7 Å². The maximum Gasteiger partial charge on any atom is 0.214 e. The third kappa shape index (κ3) is 7.98. The Balaban J connectivity index is 3.58. The van der Waals surface area contributed by atoms with Gasteiger partial charge in [-0.3, -0.25) is 0 Å². The maximum atomic E-state index is 5.35. The summed E-state index contributed by atoms with van der Waals surface area (Å²) < 4.78 is 20.4. The quantitative estimate of drug-likeness (QED) is 0.298. The van der Waals surface area contributed by atoms with Crippen molar-refractivity contribution in [3.63, 3.8) is 0 Å². The molecule has 0 aliphatic rings. The molecule has 98 valence electrons. The van der Waals surface area contributed by atoms with E-state index in [1.807, 2.05) is 6.92 Å². The Hall–Kier alpha value is -0.240. The van der Waals surface area contributed by atoms with Crippen molar-refractivity contribution in [3.05, 3.63) is 0 Å². The van der Waals surface area contributed by atoms with Gasteiger partial charge in [-0.15, -0.1) is 0 Å². The third-order valence-electron chi connectivity index (χ3n) is 1.80. The first-order valence-corrected chi connectivity index (χ1v) is 5.19. The van der Waals surface area contributed by atoms with Gasteiger partial charge in [0.25, 0.3) is 0 Å². The van der Waals surface area contributed by atoms with E-state index in [1.165, 1.54) is 7.11 Å². The Morgan fingerprint density at radius 2 is 1.69 bits per heavy atom. The lowest BCUT2D eigenvalue weighted by atomic mass is 10.4. The van der Waals surface area contributed by atoms with E-state index >= 15 is 0 Å². The van der Waals surface area contributed by atoms with Crippen LogP contribution in [0.15, 0.2) is 0 Å². The lowest BCUT2D eigenvalue weighted by Crippen LogP contribution is -2.28. The van der Waals surface area contributed by atoms with Crippen molar-refractivity contribution in [2.24, 2.45) is 0 Å². The van der Waals surface area contributed by atoms with Crippen LogP contribution in [0, 0.1) is 0 Å². The minimum Gasteiger partial charge on any atom is -0.382 e. The van der Waals surface area contributed by atoms with E-state index in [0.29, 0.717) is 19.8 Å². The monoisotopic (exact) mass is 238 g/mol. The maximum absolute atomic E-state index is 5.35. The highest BCUT2D eigenvalue weighted by molar-refractivity contribution is 4.53. The van der Waals surface area contributed by atoms with Crippen molar-refractivity contribution in [1.29, 1.82) is 0 Å². The standard InChI is InChI=1S/C10H22O6/c1-5-15-16-10(13-4)8-14-7-9(12-3)6-11-2/h9-10H,5-8H2,1-4H3. The van der Waals surface area contributed by atoms with Gasteiger partial charge in [0.2, 0.25) is 6.29 Å². The fourth-order valence-electron chi connectivity index (χ4n) is 0.945. The largest absolute Gasteiger partial charge is 0.382 e. The van der Waals surface area contributed by atoms with E-state index in [1.54, 1.807) is 14.2 Å². The molecule has 2 atom stereocenters. The number of methoxy groups -OCH3 is 3. The van der Waals surface area contributed by atoms with E-state index in [0.717, 1.165) is 0 Å². The highest BCUT2D eigenvalue weighted by Crippen LogP contribution is 1.98. The first kappa shape index (κ1) is 15.8. The minimum atomic E-state index is -0.528. The van der Waals surface area contributed by atoms with Crippen LogP contribution >= 0.6 is 0 Å². The Labute approximate surface area is 96.6 Å². The summed E-state index contributed by atoms with van der Waals surface area (Å²) in [4.78, 5) is 9.65. The van der Waals surface area contributed by atoms with Crippen molar-refractivity contribution in [2.45, 2.75) is 19.3 Å². The van der Waals surface area contributed by atoms with Gasteiger partial charge in [-0.2, -0.15) is 0 Å². The first-order valence-electron chi connectivity index (χ1n) is 5.19. The van der Waals surface area contributed by atoms with E-state index in [4.69, 9.17) is 28.7 Å². The number of rotatable bonds is 11. The summed E-state index contributed by atoms with van der Waals surface area (Å²) in [5.41, 5.74) is 0. The molecule has 6 nitrogen and oxygen atoms in total. The molecule has 0 aromatic carbocycles. The molecule has 0 saturated carbocycles. The van der Waals surface area contributed by atoms with Crippen LogP contribution in [0.1, 0.15) is 6.92 Å². The molecule has 0 bridgehead atoms. The molecule has 0 aromatic rings. The zero-order valence-corrected chi connectivity index (χ0v) is 10.4. The van der Waals surface area contributed by atoms with E-state index in [9.17, 15) is 0 Å². The lowest BCUT2D eigenvalue weighted by Gasteiger charge is -2.17. The molecule has 2 unspecified atom stereocenters. The molecule has 16 heavy (non-hydrogen) atoms. The molecule has 0 aliphatic carbocycles. The Morgan fingerprint density at radius 3 is 2.19 bits per heavy atom. The summed E-state index contributed by atoms with van der Waals surface area (Å²) in [6.45, 7) is 3.47. The highest BCUT2D eigenvalue weighted by atomic mass is 17.2. The van der Waals surface area contributed by atoms with Crippen LogP contribution in [0.4, 0.5) is 0 Å². The van der Waals surface area contributed by atoms with Gasteiger partial charge >= 0.3 is 0 Å². The Bertz CT molecular complexity index is 143. The Morgan fingerprint density at radius 1 is 0.938 bits per heavy atom. The topological polar surface area (TPSA) is 55.4 Å². The van der Waals surface area contributed by atoms with Gasteiger partial charge < -0.3 is 18.9 Å². The van der Waals surface area contributed by atoms with Gasteiger partial charge in [-0.1, -0.05) is 0 Å². The van der Waals surface area contributed by atoms with Gasteiger partial charge in [-0.25, -0.2) is 9.78 Å². The van der Waals surface area contributed by atoms with Crippen LogP contribution in [0.3, 0.4) is 0 Å². The second kappa shape index (κ2) is 11.3. The van der Waals surface area contributed by atoms with E-state index in [2.05, 4.69) is 0 Å². The molecule has 0 aliphatic heterocycles. The van der Waals surface area contributed by atoms with Crippen molar-refractivity contribution in [3.8, 4) is 0 Å². The number of hydrogen-bond acceptors (Lipinski definition) is 6. The van der Waals surface area contributed by atoms with Gasteiger partial charge in [0, 0.05) is 21.3 Å². The van der Waals surface area contributed by atoms with Crippen LogP contribution in [0.2, 0.25) is 0 Å². The minimum absolute atomic E-state index is 0.0883. The fraction of sp³-hybridized carbons (Fsp3) is 1.00. The zero-order chi connectivity index (χ0) is 12.2. The second-order valence-corrected chi connectivity index (χ2v) is 3.02. The normalized spacial score (nSPS) is 15.0. The molecule has 0 N–H and O–H groups in total. The van der Waals surface area contributed by atoms with Crippen LogP contribution in [-0.2, 0) is 28.7 Å². The average Bonchev–Trinajstić information content (AvgIpc) is 2.32. The summed E-state index contributed by atoms with van der Waals surface area (Å²) in [5, 5.41) is 0. The molecular weight excluding hydrogens is 216 g/mol. The zero-order valence-electron chi connectivity index (χ0n) is 10.4. The third-order valence-corrected chi connectivity index (χ3v) is 1.80. The fourth-order valence-corrected chi connectivity index (χ4v) is 0.945. The molecular formula is C10H22O6. The van der Waals surface area contributed by atoms with Crippen LogP contribution in [0.25, 0.3) is 0 Å². The summed E-state index contributed by atoms with van der Waals surface area (Å²) >= 11 is 0. The smallest absolute Gasteiger partial charge is 0.214 e. The molecule has 0 aromatic heterocycles. The van der Waals surface area contributed by atoms with Crippen molar-refractivity contribution >= 4 is 0 Å². The van der Waals surface area contributed by atoms with Crippen LogP contribution in [0.5, 0.6) is 0 Å². The van der Waals surface area contributed by atoms with Gasteiger partial charge in [0.15, 0.2) is 0 Å². The molecule has 0 saturated heterocycles. The first-order chi connectivity index (χ1) is 7.78. The molecule has 0 amide bonds. The lowest BCUT2D eigenvalue weighted by molar-refractivity contribution is -0.379. The molecule has 0 rings (SSSR count). The predicted molar refractivity (Wildman–Crippen MR) is 57.0 cm³/mol. The van der Waals surface area contributed by atoms with Gasteiger partial charge in [0.1, 0.15) is 12.7 Å². The number of ether oxygens (including phenoxy) is 4. The Kier molecular flexibility index (Phi) is 11.1. The molecule has 6 heteroatoms. The highest BCUT2D eigenvalue weighted by Gasteiger charge is 2.12. The van der Waals surface area contributed by atoms with Crippen molar-refractivity contribution in [2.75, 3.05) is 47.8 Å². The van der Waals surface area contributed by atoms with Crippen LogP contribution < -0.4 is 0 Å². The van der Waals surface area contributed by atoms with Crippen molar-refractivity contribution in [1.82, 2.24) is 0 Å². The predicted octanol–water partition coefficient (Wildman–Crippen LogP) is 0.605. The van der Waals surface area contributed by atoms with Gasteiger partial charge in [0.05, 0.1) is 19.8 Å². The summed E-state index contributed by atoms with van der Waals surface area (Å²) in [6.07, 6.45) is -0.616. The molecule has 0 spiro atoms. The summed E-state index contributed by atoms with van der Waals surface area (Å²) in [6, 6.07) is 0. The SMILES string of the molecule is CCOOC(COCC(COC)OC)OC. The van der Waals surface area contributed by atoms with E-state index < -0.39 is 6.29 Å². The average molecular weight is 238 g/mol. The second-order valence-electron chi connectivity index (χ2n) is 3.02. The summed E-state index contributed by atoms with van der Waals surface area (Å²) in [7, 11) is 4.75. The number of hydrogen-bond donors (Lipinski definition) is 0. The molecule has 0 radical (unpaired) electrons.